The maximum absolute atomic E-state index is 11.1. The van der Waals surface area contributed by atoms with E-state index in [-0.39, 0.29) is 6.42 Å². The predicted octanol–water partition coefficient (Wildman–Crippen LogP) is -0.305. The number of hydrogen-bond donors (Lipinski definition) is 2. The Morgan fingerprint density at radius 3 is 2.53 bits per heavy atom. The number of rotatable bonds is 6. The molecule has 0 aliphatic rings. The molecule has 0 aliphatic carbocycles. The molecular formula is C9H13NO5. The zero-order chi connectivity index (χ0) is 11.8. The summed E-state index contributed by atoms with van der Waals surface area (Å²) in [4.78, 5) is 32.0. The van der Waals surface area contributed by atoms with Gasteiger partial charge in [0.15, 0.2) is 6.61 Å². The molecule has 0 saturated heterocycles. The molecule has 0 radical (unpaired) electrons. The van der Waals surface area contributed by atoms with Crippen LogP contribution in [-0.4, -0.2) is 35.6 Å². The van der Waals surface area contributed by atoms with Crippen molar-refractivity contribution in [1.29, 1.82) is 0 Å². The molecule has 1 amide bonds. The van der Waals surface area contributed by atoms with Crippen molar-refractivity contribution in [3.8, 4) is 0 Å². The molecule has 0 fully saturated rings. The molecule has 0 aromatic heterocycles. The zero-order valence-electron chi connectivity index (χ0n) is 8.36. The number of carbonyl (C=O) groups excluding carboxylic acids is 2. The highest BCUT2D eigenvalue weighted by Crippen LogP contribution is 1.93. The minimum atomic E-state index is -1.16. The van der Waals surface area contributed by atoms with Crippen LogP contribution < -0.4 is 5.32 Å². The van der Waals surface area contributed by atoms with Gasteiger partial charge in [-0.05, 0) is 6.42 Å². The predicted molar refractivity (Wildman–Crippen MR) is 51.0 cm³/mol. The van der Waals surface area contributed by atoms with Gasteiger partial charge in [-0.3, -0.25) is 9.59 Å². The van der Waals surface area contributed by atoms with E-state index in [1.807, 2.05) is 0 Å². The van der Waals surface area contributed by atoms with Crippen molar-refractivity contribution in [3.05, 3.63) is 12.7 Å². The van der Waals surface area contributed by atoms with Crippen LogP contribution in [0.25, 0.3) is 0 Å². The summed E-state index contributed by atoms with van der Waals surface area (Å²) in [5.74, 6) is -2.41. The van der Waals surface area contributed by atoms with Crippen molar-refractivity contribution in [2.24, 2.45) is 0 Å². The molecule has 15 heavy (non-hydrogen) atoms. The van der Waals surface area contributed by atoms with Crippen LogP contribution in [-0.2, 0) is 19.1 Å². The average Bonchev–Trinajstić information content (AvgIpc) is 2.14. The van der Waals surface area contributed by atoms with Gasteiger partial charge >= 0.3 is 11.9 Å². The molecule has 0 aromatic rings. The number of carboxylic acid groups (broad SMARTS) is 1. The Balaban J connectivity index is 4.05. The summed E-state index contributed by atoms with van der Waals surface area (Å²) in [5.41, 5.74) is 0. The second-order valence-corrected chi connectivity index (χ2v) is 2.76. The summed E-state index contributed by atoms with van der Waals surface area (Å²) in [6.45, 7) is 4.05. The molecule has 0 aliphatic heterocycles. The van der Waals surface area contributed by atoms with Crippen LogP contribution in [0.5, 0.6) is 0 Å². The largest absolute Gasteiger partial charge is 0.480 e. The minimum absolute atomic E-state index is 0.112. The van der Waals surface area contributed by atoms with Crippen LogP contribution in [0.1, 0.15) is 13.3 Å². The van der Waals surface area contributed by atoms with Crippen LogP contribution >= 0.6 is 0 Å². The van der Waals surface area contributed by atoms with E-state index < -0.39 is 30.5 Å². The fourth-order valence-corrected chi connectivity index (χ4v) is 0.791. The minimum Gasteiger partial charge on any atom is -0.480 e. The van der Waals surface area contributed by atoms with Gasteiger partial charge in [0, 0.05) is 6.92 Å². The lowest BCUT2D eigenvalue weighted by atomic mass is 10.2. The Hall–Kier alpha value is -1.85. The van der Waals surface area contributed by atoms with Gasteiger partial charge in [0.25, 0.3) is 5.91 Å². The lowest BCUT2D eigenvalue weighted by Gasteiger charge is -2.11. The maximum Gasteiger partial charge on any atom is 0.326 e. The van der Waals surface area contributed by atoms with Gasteiger partial charge in [-0.25, -0.2) is 4.79 Å². The van der Waals surface area contributed by atoms with Gasteiger partial charge in [-0.1, -0.05) is 6.08 Å². The summed E-state index contributed by atoms with van der Waals surface area (Å²) in [7, 11) is 0. The van der Waals surface area contributed by atoms with Gasteiger partial charge in [0.1, 0.15) is 6.04 Å². The molecule has 0 aromatic carbocycles. The summed E-state index contributed by atoms with van der Waals surface area (Å²) < 4.78 is 4.39. The first-order valence-corrected chi connectivity index (χ1v) is 4.23. The van der Waals surface area contributed by atoms with Gasteiger partial charge in [0.05, 0.1) is 0 Å². The first kappa shape index (κ1) is 13.2. The van der Waals surface area contributed by atoms with E-state index in [0.717, 1.165) is 6.92 Å². The van der Waals surface area contributed by atoms with E-state index in [4.69, 9.17) is 5.11 Å². The van der Waals surface area contributed by atoms with Crippen molar-refractivity contribution in [2.75, 3.05) is 6.61 Å². The second-order valence-electron chi connectivity index (χ2n) is 2.76. The van der Waals surface area contributed by atoms with E-state index in [2.05, 4.69) is 16.6 Å². The third kappa shape index (κ3) is 6.25. The average molecular weight is 215 g/mol. The molecule has 0 rings (SSSR count). The van der Waals surface area contributed by atoms with Crippen LogP contribution in [0.3, 0.4) is 0 Å². The number of amides is 1. The highest BCUT2D eigenvalue weighted by atomic mass is 16.5. The van der Waals surface area contributed by atoms with E-state index >= 15 is 0 Å². The molecule has 0 bridgehead atoms. The van der Waals surface area contributed by atoms with Crippen molar-refractivity contribution < 1.29 is 24.2 Å². The number of esters is 1. The van der Waals surface area contributed by atoms with Crippen molar-refractivity contribution >= 4 is 17.8 Å². The Bertz CT molecular complexity index is 274. The van der Waals surface area contributed by atoms with Crippen LogP contribution in [0.15, 0.2) is 12.7 Å². The normalized spacial score (nSPS) is 11.3. The molecule has 0 heterocycles. The SMILES string of the molecule is C=CC[C@@H](NC(=O)COC(C)=O)C(=O)O. The number of hydrogen-bond acceptors (Lipinski definition) is 4. The number of nitrogens with one attached hydrogen (secondary N) is 1. The van der Waals surface area contributed by atoms with E-state index in [1.165, 1.54) is 6.08 Å². The molecule has 6 heteroatoms. The highest BCUT2D eigenvalue weighted by molar-refractivity contribution is 5.85. The van der Waals surface area contributed by atoms with Crippen LogP contribution in [0.2, 0.25) is 0 Å². The number of carboxylic acids is 1. The number of aliphatic carboxylic acids is 1. The Kier molecular flexibility index (Phi) is 5.77. The summed E-state index contributed by atoms with van der Waals surface area (Å²) in [6.07, 6.45) is 1.49. The van der Waals surface area contributed by atoms with E-state index in [1.54, 1.807) is 0 Å². The summed E-state index contributed by atoms with van der Waals surface area (Å²) in [6, 6.07) is -1.04. The van der Waals surface area contributed by atoms with Gasteiger partial charge in [-0.2, -0.15) is 0 Å². The van der Waals surface area contributed by atoms with Gasteiger partial charge in [-0.15, -0.1) is 6.58 Å². The molecule has 0 saturated carbocycles. The molecular weight excluding hydrogens is 202 g/mol. The molecule has 84 valence electrons. The summed E-state index contributed by atoms with van der Waals surface area (Å²) >= 11 is 0. The van der Waals surface area contributed by atoms with E-state index in [9.17, 15) is 14.4 Å². The standard InChI is InChI=1S/C9H13NO5/c1-3-4-7(9(13)14)10-8(12)5-15-6(2)11/h3,7H,1,4-5H2,2H3,(H,10,12)(H,13,14)/t7-/m1/s1. The monoisotopic (exact) mass is 215 g/mol. The Labute approximate surface area is 86.9 Å². The van der Waals surface area contributed by atoms with Crippen molar-refractivity contribution in [3.63, 3.8) is 0 Å². The van der Waals surface area contributed by atoms with E-state index in [0.29, 0.717) is 0 Å². The molecule has 6 nitrogen and oxygen atoms in total. The summed E-state index contributed by atoms with van der Waals surface area (Å²) in [5, 5.41) is 10.8. The molecule has 2 N–H and O–H groups in total. The van der Waals surface area contributed by atoms with Gasteiger partial charge in [0.2, 0.25) is 0 Å². The van der Waals surface area contributed by atoms with Crippen LogP contribution in [0, 0.1) is 0 Å². The van der Waals surface area contributed by atoms with Crippen LogP contribution in [0.4, 0.5) is 0 Å². The molecule has 0 unspecified atom stereocenters. The van der Waals surface area contributed by atoms with Crippen molar-refractivity contribution in [1.82, 2.24) is 5.32 Å². The highest BCUT2D eigenvalue weighted by Gasteiger charge is 2.18. The fourth-order valence-electron chi connectivity index (χ4n) is 0.791. The molecule has 1 atom stereocenters. The van der Waals surface area contributed by atoms with Gasteiger partial charge < -0.3 is 15.2 Å². The number of carbonyl (C=O) groups is 3. The third-order valence-electron chi connectivity index (χ3n) is 1.44. The zero-order valence-corrected chi connectivity index (χ0v) is 8.36. The first-order chi connectivity index (χ1) is 6.97. The Morgan fingerprint density at radius 2 is 2.13 bits per heavy atom. The lowest BCUT2D eigenvalue weighted by Crippen LogP contribution is -2.42. The second kappa shape index (κ2) is 6.58. The topological polar surface area (TPSA) is 92.7 Å². The quantitative estimate of drug-likeness (QED) is 0.468. The maximum atomic E-state index is 11.1. The smallest absolute Gasteiger partial charge is 0.326 e. The number of ether oxygens (including phenoxy) is 1. The fraction of sp³-hybridized carbons (Fsp3) is 0.444. The van der Waals surface area contributed by atoms with Crippen molar-refractivity contribution in [2.45, 2.75) is 19.4 Å². The molecule has 0 spiro atoms. The first-order valence-electron chi connectivity index (χ1n) is 4.23. The Morgan fingerprint density at radius 1 is 1.53 bits per heavy atom. The lowest BCUT2D eigenvalue weighted by molar-refractivity contribution is -0.147. The third-order valence-corrected chi connectivity index (χ3v) is 1.44.